The Kier molecular flexibility index (Phi) is 8.24. The van der Waals surface area contributed by atoms with Gasteiger partial charge in [-0.05, 0) is 60.5 Å². The Balaban J connectivity index is 1.57. The lowest BCUT2D eigenvalue weighted by Gasteiger charge is -2.22. The van der Waals surface area contributed by atoms with Gasteiger partial charge in [-0.15, -0.1) is 0 Å². The first-order chi connectivity index (χ1) is 15.6. The zero-order chi connectivity index (χ0) is 24.0. The molecule has 0 heterocycles. The van der Waals surface area contributed by atoms with Crippen LogP contribution in [-0.4, -0.2) is 33.7 Å². The van der Waals surface area contributed by atoms with Crippen molar-refractivity contribution in [3.8, 4) is 5.75 Å². The summed E-state index contributed by atoms with van der Waals surface area (Å²) in [4.78, 5) is 12.4. The number of benzene rings is 3. The van der Waals surface area contributed by atoms with Gasteiger partial charge in [0.1, 0.15) is 12.4 Å². The predicted molar refractivity (Wildman–Crippen MR) is 133 cm³/mol. The lowest BCUT2D eigenvalue weighted by Crippen LogP contribution is -2.29. The van der Waals surface area contributed by atoms with Gasteiger partial charge >= 0.3 is 0 Å². The highest BCUT2D eigenvalue weighted by Gasteiger charge is 2.18. The highest BCUT2D eigenvalue weighted by Crippen LogP contribution is 2.24. The minimum atomic E-state index is -3.53. The van der Waals surface area contributed by atoms with Crippen LogP contribution in [0.1, 0.15) is 21.5 Å². The molecule has 0 atom stereocenters. The number of nitrogens with zero attached hydrogens (tertiary/aromatic N) is 1. The molecule has 33 heavy (non-hydrogen) atoms. The molecule has 0 aliphatic heterocycles. The van der Waals surface area contributed by atoms with Gasteiger partial charge in [-0.3, -0.25) is 9.10 Å². The molecule has 174 valence electrons. The Bertz CT molecular complexity index is 1230. The zero-order valence-corrected chi connectivity index (χ0v) is 20.5. The number of sulfonamides is 1. The van der Waals surface area contributed by atoms with E-state index in [1.807, 2.05) is 19.1 Å². The third-order valence-electron chi connectivity index (χ3n) is 4.84. The topological polar surface area (TPSA) is 75.7 Å². The van der Waals surface area contributed by atoms with Crippen LogP contribution in [0.2, 0.25) is 10.0 Å². The second-order valence-corrected chi connectivity index (χ2v) is 10.2. The van der Waals surface area contributed by atoms with Crippen molar-refractivity contribution in [3.63, 3.8) is 0 Å². The molecular formula is C24H24Cl2N2O4S. The first-order valence-corrected chi connectivity index (χ1v) is 12.7. The second-order valence-electron chi connectivity index (χ2n) is 7.46. The summed E-state index contributed by atoms with van der Waals surface area (Å²) in [5.74, 6) is 0.390. The first kappa shape index (κ1) is 24.9. The zero-order valence-electron chi connectivity index (χ0n) is 18.2. The molecule has 6 nitrogen and oxygen atoms in total. The molecule has 3 aromatic rings. The van der Waals surface area contributed by atoms with Crippen LogP contribution in [0.5, 0.6) is 5.75 Å². The lowest BCUT2D eigenvalue weighted by molar-refractivity contribution is 0.0947. The predicted octanol–water partition coefficient (Wildman–Crippen LogP) is 5.08. The van der Waals surface area contributed by atoms with Crippen LogP contribution in [0, 0.1) is 6.92 Å². The van der Waals surface area contributed by atoms with E-state index < -0.39 is 10.0 Å². The number of anilines is 1. The van der Waals surface area contributed by atoms with E-state index in [9.17, 15) is 13.2 Å². The summed E-state index contributed by atoms with van der Waals surface area (Å²) in [7, 11) is -3.53. The van der Waals surface area contributed by atoms with Gasteiger partial charge in [0.05, 0.1) is 25.0 Å². The molecule has 0 radical (unpaired) electrons. The summed E-state index contributed by atoms with van der Waals surface area (Å²) < 4.78 is 31.5. The van der Waals surface area contributed by atoms with Crippen LogP contribution >= 0.6 is 23.2 Å². The Morgan fingerprint density at radius 3 is 2.39 bits per heavy atom. The van der Waals surface area contributed by atoms with Crippen molar-refractivity contribution in [3.05, 3.63) is 93.5 Å². The fraction of sp³-hybridized carbons (Fsp3) is 0.208. The molecule has 1 amide bonds. The maximum atomic E-state index is 12.4. The van der Waals surface area contributed by atoms with Crippen LogP contribution in [0.15, 0.2) is 66.7 Å². The number of carbonyl (C=O) groups excluding carboxylic acids is 1. The van der Waals surface area contributed by atoms with Crippen molar-refractivity contribution in [2.75, 3.05) is 23.7 Å². The lowest BCUT2D eigenvalue weighted by atomic mass is 10.1. The number of nitrogens with one attached hydrogen (secondary N) is 1. The number of rotatable bonds is 9. The first-order valence-electron chi connectivity index (χ1n) is 10.1. The number of hydrogen-bond donors (Lipinski definition) is 1. The van der Waals surface area contributed by atoms with Gasteiger partial charge in [0.25, 0.3) is 5.91 Å². The van der Waals surface area contributed by atoms with Crippen molar-refractivity contribution >= 4 is 44.8 Å². The number of halogens is 2. The summed E-state index contributed by atoms with van der Waals surface area (Å²) in [5.41, 5.74) is 2.64. The van der Waals surface area contributed by atoms with Crippen molar-refractivity contribution in [2.45, 2.75) is 13.5 Å². The summed E-state index contributed by atoms with van der Waals surface area (Å²) in [5, 5.41) is 3.87. The molecular weight excluding hydrogens is 483 g/mol. The Morgan fingerprint density at radius 2 is 1.76 bits per heavy atom. The average Bonchev–Trinajstić information content (AvgIpc) is 2.77. The van der Waals surface area contributed by atoms with E-state index >= 15 is 0 Å². The third-order valence-corrected chi connectivity index (χ3v) is 6.62. The maximum absolute atomic E-state index is 12.4. The second kappa shape index (κ2) is 10.9. The molecule has 0 fully saturated rings. The van der Waals surface area contributed by atoms with Crippen molar-refractivity contribution in [1.29, 1.82) is 0 Å². The number of carbonyl (C=O) groups is 1. The monoisotopic (exact) mass is 506 g/mol. The van der Waals surface area contributed by atoms with E-state index in [4.69, 9.17) is 27.9 Å². The van der Waals surface area contributed by atoms with E-state index in [0.717, 1.165) is 17.4 Å². The average molecular weight is 507 g/mol. The smallest absolute Gasteiger partial charge is 0.251 e. The molecule has 0 saturated heterocycles. The van der Waals surface area contributed by atoms with Crippen LogP contribution < -0.4 is 14.4 Å². The van der Waals surface area contributed by atoms with E-state index in [-0.39, 0.29) is 12.5 Å². The van der Waals surface area contributed by atoms with Crippen molar-refractivity contribution in [1.82, 2.24) is 5.32 Å². The molecule has 0 unspecified atom stereocenters. The van der Waals surface area contributed by atoms with Crippen molar-refractivity contribution < 1.29 is 17.9 Å². The largest absolute Gasteiger partial charge is 0.492 e. The molecule has 0 aromatic heterocycles. The summed E-state index contributed by atoms with van der Waals surface area (Å²) >= 11 is 12.1. The third kappa shape index (κ3) is 7.12. The van der Waals surface area contributed by atoms with Gasteiger partial charge in [-0.25, -0.2) is 8.42 Å². The van der Waals surface area contributed by atoms with E-state index in [1.54, 1.807) is 54.6 Å². The van der Waals surface area contributed by atoms with Crippen LogP contribution in [0.25, 0.3) is 0 Å². The summed E-state index contributed by atoms with van der Waals surface area (Å²) in [6, 6.07) is 18.8. The molecule has 0 saturated carbocycles. The van der Waals surface area contributed by atoms with Gasteiger partial charge in [-0.1, -0.05) is 47.5 Å². The molecule has 3 rings (SSSR count). The van der Waals surface area contributed by atoms with Crippen molar-refractivity contribution in [2.24, 2.45) is 0 Å². The minimum Gasteiger partial charge on any atom is -0.492 e. The molecule has 0 bridgehead atoms. The standard InChI is InChI=1S/C24H24Cl2N2O4S/c1-17-6-11-22(15-23(17)26)32-13-12-27-24(29)19-9-7-18(8-10-19)16-28(33(2,30)31)21-5-3-4-20(25)14-21/h3-11,14-15H,12-13,16H2,1-2H3,(H,27,29). The van der Waals surface area contributed by atoms with Gasteiger partial charge in [0.2, 0.25) is 10.0 Å². The van der Waals surface area contributed by atoms with E-state index in [1.165, 1.54) is 4.31 Å². The van der Waals surface area contributed by atoms with E-state index in [2.05, 4.69) is 5.32 Å². The van der Waals surface area contributed by atoms with Gasteiger partial charge in [0, 0.05) is 15.6 Å². The molecule has 3 aromatic carbocycles. The number of hydrogen-bond acceptors (Lipinski definition) is 4. The maximum Gasteiger partial charge on any atom is 0.251 e. The van der Waals surface area contributed by atoms with Gasteiger partial charge in [0.15, 0.2) is 0 Å². The normalized spacial score (nSPS) is 11.2. The number of ether oxygens (including phenoxy) is 1. The summed E-state index contributed by atoms with van der Waals surface area (Å²) in [6.45, 7) is 2.65. The summed E-state index contributed by atoms with van der Waals surface area (Å²) in [6.07, 6.45) is 1.14. The fourth-order valence-corrected chi connectivity index (χ4v) is 4.29. The Hall–Kier alpha value is -2.74. The molecule has 0 aliphatic carbocycles. The quantitative estimate of drug-likeness (QED) is 0.410. The molecule has 0 spiro atoms. The highest BCUT2D eigenvalue weighted by molar-refractivity contribution is 7.92. The SMILES string of the molecule is Cc1ccc(OCCNC(=O)c2ccc(CN(c3cccc(Cl)c3)S(C)(=O)=O)cc2)cc1Cl. The van der Waals surface area contributed by atoms with Gasteiger partial charge < -0.3 is 10.1 Å². The Morgan fingerprint density at radius 1 is 1.03 bits per heavy atom. The van der Waals surface area contributed by atoms with Crippen LogP contribution in [0.3, 0.4) is 0 Å². The highest BCUT2D eigenvalue weighted by atomic mass is 35.5. The Labute approximate surface area is 204 Å². The number of aryl methyl sites for hydroxylation is 1. The fourth-order valence-electron chi connectivity index (χ4n) is 3.06. The molecule has 9 heteroatoms. The number of amides is 1. The molecule has 1 N–H and O–H groups in total. The van der Waals surface area contributed by atoms with Crippen LogP contribution in [0.4, 0.5) is 5.69 Å². The van der Waals surface area contributed by atoms with Crippen LogP contribution in [-0.2, 0) is 16.6 Å². The van der Waals surface area contributed by atoms with Gasteiger partial charge in [-0.2, -0.15) is 0 Å². The molecule has 0 aliphatic rings. The van der Waals surface area contributed by atoms with E-state index in [0.29, 0.717) is 40.2 Å². The minimum absolute atomic E-state index is 0.119.